The van der Waals surface area contributed by atoms with E-state index in [2.05, 4.69) is 9.97 Å². The molecule has 0 saturated carbocycles. The van der Waals surface area contributed by atoms with Crippen molar-refractivity contribution < 1.29 is 4.79 Å². The lowest BCUT2D eigenvalue weighted by molar-refractivity contribution is -0.118. The van der Waals surface area contributed by atoms with E-state index in [1.807, 2.05) is 39.0 Å². The number of aromatic nitrogens is 3. The fraction of sp³-hybridized carbons (Fsp3) is 0.524. The van der Waals surface area contributed by atoms with Gasteiger partial charge in [0, 0.05) is 37.2 Å². The molecular weight excluding hydrogens is 402 g/mol. The number of nitrogens with zero attached hydrogens (tertiary/aromatic N) is 3. The summed E-state index contributed by atoms with van der Waals surface area (Å²) in [5, 5.41) is 0. The van der Waals surface area contributed by atoms with Crippen LogP contribution >= 0.6 is 11.8 Å². The lowest BCUT2D eigenvalue weighted by Crippen LogP contribution is -2.42. The van der Waals surface area contributed by atoms with Crippen LogP contribution in [0.3, 0.4) is 0 Å². The maximum absolute atomic E-state index is 13.0. The molecule has 2 aromatic rings. The number of hydrogen-bond acceptors (Lipinski definition) is 6. The summed E-state index contributed by atoms with van der Waals surface area (Å²) in [4.78, 5) is 45.8. The highest BCUT2D eigenvalue weighted by atomic mass is 32.2. The van der Waals surface area contributed by atoms with Gasteiger partial charge in [-0.25, -0.2) is 4.79 Å². The van der Waals surface area contributed by atoms with E-state index in [0.29, 0.717) is 24.6 Å². The Morgan fingerprint density at radius 3 is 2.73 bits per heavy atom. The molecule has 1 amide bonds. The minimum Gasteiger partial charge on any atom is -0.383 e. The molecule has 0 atom stereocenters. The molecule has 0 radical (unpaired) electrons. The van der Waals surface area contributed by atoms with Gasteiger partial charge in [-0.3, -0.25) is 24.1 Å². The van der Waals surface area contributed by atoms with Gasteiger partial charge in [0.05, 0.1) is 5.69 Å². The molecule has 0 aliphatic rings. The van der Waals surface area contributed by atoms with Crippen LogP contribution in [-0.4, -0.2) is 32.7 Å². The lowest BCUT2D eigenvalue weighted by atomic mass is 10.2. The van der Waals surface area contributed by atoms with Crippen LogP contribution in [0, 0.1) is 5.92 Å². The van der Waals surface area contributed by atoms with Gasteiger partial charge in [0.2, 0.25) is 5.91 Å². The van der Waals surface area contributed by atoms with Crippen LogP contribution in [0.15, 0.2) is 34.0 Å². The zero-order valence-corrected chi connectivity index (χ0v) is 18.7. The van der Waals surface area contributed by atoms with Crippen molar-refractivity contribution in [1.29, 1.82) is 0 Å². The van der Waals surface area contributed by atoms with Crippen molar-refractivity contribution in [1.82, 2.24) is 14.5 Å². The van der Waals surface area contributed by atoms with E-state index in [0.717, 1.165) is 18.5 Å². The summed E-state index contributed by atoms with van der Waals surface area (Å²) in [5.74, 6) is 1.30. The van der Waals surface area contributed by atoms with E-state index in [1.54, 1.807) is 18.0 Å². The van der Waals surface area contributed by atoms with Crippen molar-refractivity contribution >= 4 is 29.2 Å². The summed E-state index contributed by atoms with van der Waals surface area (Å²) >= 11 is 1.61. The van der Waals surface area contributed by atoms with Crippen molar-refractivity contribution in [3.8, 4) is 0 Å². The number of unbranched alkanes of at least 4 members (excludes halogenated alkanes) is 1. The predicted octanol–water partition coefficient (Wildman–Crippen LogP) is 2.63. The Kier molecular flexibility index (Phi) is 9.16. The zero-order chi connectivity index (χ0) is 22.1. The minimum absolute atomic E-state index is 0.0485. The number of carbonyl (C=O) groups excluding carboxylic acids is 1. The van der Waals surface area contributed by atoms with Crippen molar-refractivity contribution in [3.05, 3.63) is 50.9 Å². The molecular formula is C21H31N5O3S. The molecule has 3 N–H and O–H groups in total. The second kappa shape index (κ2) is 11.6. The smallest absolute Gasteiger partial charge is 0.330 e. The molecule has 0 unspecified atom stereocenters. The van der Waals surface area contributed by atoms with Crippen LogP contribution in [0.5, 0.6) is 0 Å². The third-order valence-electron chi connectivity index (χ3n) is 4.50. The average molecular weight is 434 g/mol. The van der Waals surface area contributed by atoms with Crippen LogP contribution in [0.2, 0.25) is 0 Å². The summed E-state index contributed by atoms with van der Waals surface area (Å²) in [6.07, 6.45) is 3.63. The molecule has 2 heterocycles. The fourth-order valence-electron chi connectivity index (χ4n) is 3.01. The average Bonchev–Trinajstić information content (AvgIpc) is 2.70. The third-order valence-corrected chi connectivity index (χ3v) is 5.50. The highest BCUT2D eigenvalue weighted by Gasteiger charge is 2.24. The SMILES string of the molecule is CCCCn1c(N)c(N(CC(C)C)C(=O)CCSCc2ccccn2)c(=O)[nH]c1=O. The molecule has 2 rings (SSSR count). The van der Waals surface area contributed by atoms with Crippen LogP contribution in [0.4, 0.5) is 11.5 Å². The summed E-state index contributed by atoms with van der Waals surface area (Å²) in [5.41, 5.74) is 6.06. The molecule has 0 aliphatic heterocycles. The van der Waals surface area contributed by atoms with Crippen molar-refractivity contribution in [2.45, 2.75) is 52.3 Å². The number of nitrogens with one attached hydrogen (secondary N) is 1. The van der Waals surface area contributed by atoms with Crippen molar-refractivity contribution in [2.75, 3.05) is 22.9 Å². The Morgan fingerprint density at radius 2 is 2.10 bits per heavy atom. The van der Waals surface area contributed by atoms with Gasteiger partial charge in [-0.2, -0.15) is 11.8 Å². The Bertz CT molecular complexity index is 940. The van der Waals surface area contributed by atoms with Gasteiger partial charge in [0.1, 0.15) is 5.82 Å². The number of nitrogens with two attached hydrogens (primary N) is 1. The number of rotatable bonds is 11. The van der Waals surface area contributed by atoms with E-state index >= 15 is 0 Å². The first kappa shape index (κ1) is 23.7. The molecule has 0 saturated heterocycles. The number of amides is 1. The number of anilines is 2. The van der Waals surface area contributed by atoms with Crippen LogP contribution in [0.25, 0.3) is 0 Å². The quantitative estimate of drug-likeness (QED) is 0.527. The van der Waals surface area contributed by atoms with E-state index in [9.17, 15) is 14.4 Å². The Labute approximate surface area is 180 Å². The molecule has 8 nitrogen and oxygen atoms in total. The lowest BCUT2D eigenvalue weighted by Gasteiger charge is -2.26. The maximum atomic E-state index is 13.0. The van der Waals surface area contributed by atoms with Gasteiger partial charge in [-0.1, -0.05) is 33.3 Å². The van der Waals surface area contributed by atoms with E-state index < -0.39 is 11.2 Å². The third kappa shape index (κ3) is 6.48. The Balaban J connectivity index is 2.19. The first-order valence-electron chi connectivity index (χ1n) is 10.3. The highest BCUT2D eigenvalue weighted by Crippen LogP contribution is 2.21. The number of H-pyrrole nitrogens is 1. The largest absolute Gasteiger partial charge is 0.383 e. The topological polar surface area (TPSA) is 114 Å². The number of nitrogen functional groups attached to an aromatic ring is 1. The molecule has 2 aromatic heterocycles. The van der Waals surface area contributed by atoms with Gasteiger partial charge in [0.25, 0.3) is 5.56 Å². The normalized spacial score (nSPS) is 11.1. The van der Waals surface area contributed by atoms with Crippen molar-refractivity contribution in [2.24, 2.45) is 5.92 Å². The van der Waals surface area contributed by atoms with Crippen molar-refractivity contribution in [3.63, 3.8) is 0 Å². The summed E-state index contributed by atoms with van der Waals surface area (Å²) in [6.45, 7) is 6.68. The van der Waals surface area contributed by atoms with Gasteiger partial charge < -0.3 is 10.6 Å². The summed E-state index contributed by atoms with van der Waals surface area (Å²) < 4.78 is 1.34. The van der Waals surface area contributed by atoms with Gasteiger partial charge in [-0.05, 0) is 24.5 Å². The molecule has 0 spiro atoms. The molecule has 0 aromatic carbocycles. The standard InChI is InChI=1S/C21H31N5O3S/c1-4-5-11-25-19(22)18(20(28)24-21(25)29)26(13-15(2)3)17(27)9-12-30-14-16-8-6-7-10-23-16/h6-8,10,15H,4-5,9,11-14,22H2,1-3H3,(H,24,28,29). The van der Waals surface area contributed by atoms with Gasteiger partial charge >= 0.3 is 5.69 Å². The highest BCUT2D eigenvalue weighted by molar-refractivity contribution is 7.98. The molecule has 0 fully saturated rings. The van der Waals surface area contributed by atoms with Crippen LogP contribution in [-0.2, 0) is 17.1 Å². The first-order valence-corrected chi connectivity index (χ1v) is 11.4. The maximum Gasteiger partial charge on any atom is 0.330 e. The van der Waals surface area contributed by atoms with Crippen LogP contribution < -0.4 is 21.9 Å². The first-order chi connectivity index (χ1) is 14.3. The molecule has 0 bridgehead atoms. The number of aromatic amines is 1. The molecule has 9 heteroatoms. The second-order valence-corrected chi connectivity index (χ2v) is 8.63. The summed E-state index contributed by atoms with van der Waals surface area (Å²) in [6, 6.07) is 5.74. The van der Waals surface area contributed by atoms with E-state index in [-0.39, 0.29) is 29.8 Å². The summed E-state index contributed by atoms with van der Waals surface area (Å²) in [7, 11) is 0. The minimum atomic E-state index is -0.625. The second-order valence-electron chi connectivity index (χ2n) is 7.52. The molecule has 30 heavy (non-hydrogen) atoms. The monoisotopic (exact) mass is 433 g/mol. The number of carbonyl (C=O) groups is 1. The molecule has 0 aliphatic carbocycles. The Hall–Kier alpha value is -2.55. The van der Waals surface area contributed by atoms with E-state index in [1.165, 1.54) is 9.47 Å². The van der Waals surface area contributed by atoms with Gasteiger partial charge in [0.15, 0.2) is 5.69 Å². The van der Waals surface area contributed by atoms with Gasteiger partial charge in [-0.15, -0.1) is 0 Å². The number of pyridine rings is 1. The zero-order valence-electron chi connectivity index (χ0n) is 17.9. The predicted molar refractivity (Wildman–Crippen MR) is 123 cm³/mol. The number of hydrogen-bond donors (Lipinski definition) is 2. The fourth-order valence-corrected chi connectivity index (χ4v) is 3.86. The van der Waals surface area contributed by atoms with E-state index in [4.69, 9.17) is 5.73 Å². The Morgan fingerprint density at radius 1 is 1.33 bits per heavy atom. The van der Waals surface area contributed by atoms with Crippen LogP contribution in [0.1, 0.15) is 45.7 Å². The molecule has 164 valence electrons. The number of thioether (sulfide) groups is 1.